The van der Waals surface area contributed by atoms with Crippen molar-refractivity contribution in [2.75, 3.05) is 13.1 Å². The van der Waals surface area contributed by atoms with Crippen LogP contribution in [-0.4, -0.2) is 30.2 Å². The number of rotatable bonds is 4. The number of urea groups is 1. The molecule has 2 rings (SSSR count). The summed E-state index contributed by atoms with van der Waals surface area (Å²) in [5.41, 5.74) is 9.38. The summed E-state index contributed by atoms with van der Waals surface area (Å²) in [4.78, 5) is 13.0. The second-order valence-electron chi connectivity index (χ2n) is 5.46. The van der Waals surface area contributed by atoms with Gasteiger partial charge in [-0.15, -0.1) is 0 Å². The van der Waals surface area contributed by atoms with E-state index in [2.05, 4.69) is 34.5 Å². The van der Waals surface area contributed by atoms with Gasteiger partial charge in [0.1, 0.15) is 0 Å². The lowest BCUT2D eigenvalue weighted by Gasteiger charge is -2.30. The van der Waals surface area contributed by atoms with E-state index in [-0.39, 0.29) is 0 Å². The maximum atomic E-state index is 10.5. The van der Waals surface area contributed by atoms with Gasteiger partial charge in [0.25, 0.3) is 0 Å². The molecule has 0 aliphatic carbocycles. The van der Waals surface area contributed by atoms with Gasteiger partial charge in [-0.2, -0.15) is 5.10 Å². The Morgan fingerprint density at radius 3 is 3.20 bits per heavy atom. The maximum absolute atomic E-state index is 10.5. The number of nitrogens with one attached hydrogen (secondary N) is 1. The van der Waals surface area contributed by atoms with Crippen molar-refractivity contribution in [3.8, 4) is 0 Å². The third-order valence-corrected chi connectivity index (χ3v) is 3.49. The van der Waals surface area contributed by atoms with Gasteiger partial charge >= 0.3 is 6.03 Å². The molecule has 1 fully saturated rings. The molecule has 1 atom stereocenters. The third-order valence-electron chi connectivity index (χ3n) is 3.49. The van der Waals surface area contributed by atoms with Crippen molar-refractivity contribution < 1.29 is 4.79 Å². The molecular formula is C15H22N4O. The van der Waals surface area contributed by atoms with E-state index < -0.39 is 6.03 Å². The Hall–Kier alpha value is -1.88. The second kappa shape index (κ2) is 7.05. The Morgan fingerprint density at radius 1 is 1.60 bits per heavy atom. The lowest BCUT2D eigenvalue weighted by Crippen LogP contribution is -2.33. The van der Waals surface area contributed by atoms with E-state index in [1.54, 1.807) is 6.21 Å². The second-order valence-corrected chi connectivity index (χ2v) is 5.46. The van der Waals surface area contributed by atoms with Crippen LogP contribution in [0.1, 0.15) is 30.9 Å². The number of nitrogens with two attached hydrogens (primary N) is 1. The van der Waals surface area contributed by atoms with Crippen molar-refractivity contribution in [3.05, 3.63) is 35.4 Å². The molecule has 2 amide bonds. The number of amides is 2. The molecule has 108 valence electrons. The van der Waals surface area contributed by atoms with Crippen LogP contribution >= 0.6 is 0 Å². The number of carbonyl (C=O) groups is 1. The zero-order chi connectivity index (χ0) is 14.4. The standard InChI is InChI=1S/C15H22N4O/c1-12-4-3-7-19(10-12)11-14-6-2-5-13(8-14)9-17-18-15(16)20/h2,5-6,8-9,12H,3-4,7,10-11H2,1H3,(H3,16,18,20). The number of likely N-dealkylation sites (tertiary alicyclic amines) is 1. The van der Waals surface area contributed by atoms with E-state index in [0.29, 0.717) is 0 Å². The first-order valence-corrected chi connectivity index (χ1v) is 7.03. The first-order valence-electron chi connectivity index (χ1n) is 7.03. The normalized spacial score (nSPS) is 20.1. The number of carbonyl (C=O) groups excluding carboxylic acids is 1. The maximum Gasteiger partial charge on any atom is 0.332 e. The van der Waals surface area contributed by atoms with Crippen LogP contribution in [0.25, 0.3) is 0 Å². The van der Waals surface area contributed by atoms with Gasteiger partial charge in [0.15, 0.2) is 0 Å². The van der Waals surface area contributed by atoms with Crippen molar-refractivity contribution in [2.24, 2.45) is 16.8 Å². The minimum absolute atomic E-state index is 0.653. The molecule has 1 aliphatic rings. The fraction of sp³-hybridized carbons (Fsp3) is 0.467. The van der Waals surface area contributed by atoms with Gasteiger partial charge in [-0.1, -0.05) is 25.1 Å². The van der Waals surface area contributed by atoms with E-state index in [1.807, 2.05) is 12.1 Å². The number of primary amides is 1. The molecule has 0 saturated carbocycles. The lowest BCUT2D eigenvalue weighted by molar-refractivity contribution is 0.176. The van der Waals surface area contributed by atoms with Crippen molar-refractivity contribution in [2.45, 2.75) is 26.3 Å². The van der Waals surface area contributed by atoms with Crippen molar-refractivity contribution in [1.29, 1.82) is 0 Å². The number of piperidine rings is 1. The summed E-state index contributed by atoms with van der Waals surface area (Å²) >= 11 is 0. The number of hydrogen-bond acceptors (Lipinski definition) is 3. The van der Waals surface area contributed by atoms with Crippen molar-refractivity contribution in [1.82, 2.24) is 10.3 Å². The molecular weight excluding hydrogens is 252 g/mol. The number of nitrogens with zero attached hydrogens (tertiary/aromatic N) is 2. The van der Waals surface area contributed by atoms with Crippen molar-refractivity contribution in [3.63, 3.8) is 0 Å². The monoisotopic (exact) mass is 274 g/mol. The van der Waals surface area contributed by atoms with Gasteiger partial charge in [0, 0.05) is 13.1 Å². The Morgan fingerprint density at radius 2 is 2.45 bits per heavy atom. The minimum atomic E-state index is -0.653. The Kier molecular flexibility index (Phi) is 5.12. The summed E-state index contributed by atoms with van der Waals surface area (Å²) in [7, 11) is 0. The van der Waals surface area contributed by atoms with Crippen LogP contribution in [0, 0.1) is 5.92 Å². The summed E-state index contributed by atoms with van der Waals surface area (Å²) in [6.07, 6.45) is 4.22. The third kappa shape index (κ3) is 4.66. The van der Waals surface area contributed by atoms with Crippen LogP contribution < -0.4 is 11.2 Å². The fourth-order valence-electron chi connectivity index (χ4n) is 2.63. The Bertz CT molecular complexity index is 487. The molecule has 1 aromatic rings. The highest BCUT2D eigenvalue weighted by Crippen LogP contribution is 2.18. The molecule has 5 nitrogen and oxygen atoms in total. The lowest BCUT2D eigenvalue weighted by atomic mass is 9.99. The molecule has 1 aliphatic heterocycles. The largest absolute Gasteiger partial charge is 0.350 e. The SMILES string of the molecule is CC1CCCN(Cc2cccc(C=NNC(N)=O)c2)C1. The molecule has 1 unspecified atom stereocenters. The smallest absolute Gasteiger partial charge is 0.332 e. The topological polar surface area (TPSA) is 70.7 Å². The van der Waals surface area contributed by atoms with Gasteiger partial charge in [-0.25, -0.2) is 10.2 Å². The first-order chi connectivity index (χ1) is 9.63. The van der Waals surface area contributed by atoms with Crippen LogP contribution in [0.15, 0.2) is 29.4 Å². The number of hydrogen-bond donors (Lipinski definition) is 2. The first kappa shape index (κ1) is 14.5. The van der Waals surface area contributed by atoms with Crippen molar-refractivity contribution >= 4 is 12.2 Å². The Balaban J connectivity index is 1.95. The Labute approximate surface area is 119 Å². The predicted molar refractivity (Wildman–Crippen MR) is 80.4 cm³/mol. The van der Waals surface area contributed by atoms with Crippen LogP contribution in [0.3, 0.4) is 0 Å². The highest BCUT2D eigenvalue weighted by Gasteiger charge is 2.16. The molecule has 1 saturated heterocycles. The van der Waals surface area contributed by atoms with E-state index in [1.165, 1.54) is 31.5 Å². The van der Waals surface area contributed by atoms with Crippen LogP contribution in [0.4, 0.5) is 4.79 Å². The predicted octanol–water partition coefficient (Wildman–Crippen LogP) is 1.92. The van der Waals surface area contributed by atoms with Crippen LogP contribution in [0.5, 0.6) is 0 Å². The van der Waals surface area contributed by atoms with E-state index >= 15 is 0 Å². The molecule has 0 spiro atoms. The average molecular weight is 274 g/mol. The van der Waals surface area contributed by atoms with Crippen LogP contribution in [0.2, 0.25) is 0 Å². The summed E-state index contributed by atoms with van der Waals surface area (Å²) in [5.74, 6) is 0.785. The number of hydrazone groups is 1. The molecule has 0 radical (unpaired) electrons. The van der Waals surface area contributed by atoms with Gasteiger partial charge in [-0.3, -0.25) is 4.90 Å². The zero-order valence-corrected chi connectivity index (χ0v) is 11.9. The summed E-state index contributed by atoms with van der Waals surface area (Å²) in [6, 6.07) is 7.52. The number of benzene rings is 1. The molecule has 0 aromatic heterocycles. The summed E-state index contributed by atoms with van der Waals surface area (Å²) < 4.78 is 0. The highest BCUT2D eigenvalue weighted by atomic mass is 16.2. The molecule has 1 aromatic carbocycles. The van der Waals surface area contributed by atoms with Gasteiger partial charge in [0.2, 0.25) is 0 Å². The molecule has 3 N–H and O–H groups in total. The van der Waals surface area contributed by atoms with E-state index in [0.717, 1.165) is 18.0 Å². The average Bonchev–Trinajstić information content (AvgIpc) is 2.39. The van der Waals surface area contributed by atoms with Gasteiger partial charge < -0.3 is 5.73 Å². The molecule has 0 bridgehead atoms. The van der Waals surface area contributed by atoms with Gasteiger partial charge in [-0.05, 0) is 42.5 Å². The summed E-state index contributed by atoms with van der Waals surface area (Å²) in [6.45, 7) is 5.62. The summed E-state index contributed by atoms with van der Waals surface area (Å²) in [5, 5.41) is 3.78. The molecule has 1 heterocycles. The van der Waals surface area contributed by atoms with E-state index in [9.17, 15) is 4.79 Å². The highest BCUT2D eigenvalue weighted by molar-refractivity contribution is 5.81. The van der Waals surface area contributed by atoms with Gasteiger partial charge in [0.05, 0.1) is 6.21 Å². The molecule has 5 heteroatoms. The quantitative estimate of drug-likeness (QED) is 0.650. The van der Waals surface area contributed by atoms with E-state index in [4.69, 9.17) is 5.73 Å². The molecule has 20 heavy (non-hydrogen) atoms. The fourth-order valence-corrected chi connectivity index (χ4v) is 2.63. The zero-order valence-electron chi connectivity index (χ0n) is 11.9. The minimum Gasteiger partial charge on any atom is -0.350 e. The van der Waals surface area contributed by atoms with Crippen LogP contribution in [-0.2, 0) is 6.54 Å².